The lowest BCUT2D eigenvalue weighted by molar-refractivity contribution is -0.124. The highest BCUT2D eigenvalue weighted by Gasteiger charge is 2.18. The molecule has 0 heterocycles. The highest BCUT2D eigenvalue weighted by Crippen LogP contribution is 2.20. The average molecular weight is 177 g/mol. The second-order valence-electron chi connectivity index (χ2n) is 3.55. The first-order valence-electron chi connectivity index (χ1n) is 3.55. The van der Waals surface area contributed by atoms with E-state index in [0.717, 1.165) is 6.08 Å². The van der Waals surface area contributed by atoms with Gasteiger partial charge in [-0.3, -0.25) is 4.79 Å². The van der Waals surface area contributed by atoms with Crippen molar-refractivity contribution < 1.29 is 13.6 Å². The van der Waals surface area contributed by atoms with Crippen LogP contribution < -0.4 is 5.73 Å². The summed E-state index contributed by atoms with van der Waals surface area (Å²) < 4.78 is 23.5. The van der Waals surface area contributed by atoms with E-state index in [2.05, 4.69) is 0 Å². The van der Waals surface area contributed by atoms with Crippen LogP contribution in [0.1, 0.15) is 20.8 Å². The molecule has 70 valence electrons. The van der Waals surface area contributed by atoms with E-state index in [9.17, 15) is 13.6 Å². The number of alkyl halides is 2. The van der Waals surface area contributed by atoms with Crippen LogP contribution in [0.3, 0.4) is 0 Å². The lowest BCUT2D eigenvalue weighted by Crippen LogP contribution is -2.20. The Balaban J connectivity index is 4.48. The Labute approximate surface area is 70.4 Å². The zero-order chi connectivity index (χ0) is 9.94. The molecule has 0 spiro atoms. The Bertz CT molecular complexity index is 204. The van der Waals surface area contributed by atoms with Crippen molar-refractivity contribution in [3.63, 3.8) is 0 Å². The van der Waals surface area contributed by atoms with Gasteiger partial charge in [-0.15, -0.1) is 0 Å². The van der Waals surface area contributed by atoms with E-state index in [4.69, 9.17) is 5.73 Å². The molecule has 0 saturated carbocycles. The van der Waals surface area contributed by atoms with Crippen molar-refractivity contribution >= 4 is 5.78 Å². The third kappa shape index (κ3) is 3.46. The van der Waals surface area contributed by atoms with E-state index in [1.54, 1.807) is 20.8 Å². The third-order valence-corrected chi connectivity index (χ3v) is 1.38. The largest absolute Gasteiger partial charge is 0.402 e. The number of ketones is 1. The van der Waals surface area contributed by atoms with Crippen molar-refractivity contribution in [1.29, 1.82) is 0 Å². The Hall–Kier alpha value is -0.930. The van der Waals surface area contributed by atoms with Crippen molar-refractivity contribution in [2.24, 2.45) is 11.1 Å². The summed E-state index contributed by atoms with van der Waals surface area (Å²) in [5, 5.41) is 0. The van der Waals surface area contributed by atoms with Gasteiger partial charge < -0.3 is 5.73 Å². The molecule has 0 radical (unpaired) electrons. The minimum Gasteiger partial charge on any atom is -0.402 e. The fraction of sp³-hybridized carbons (Fsp3) is 0.625. The van der Waals surface area contributed by atoms with E-state index in [1.165, 1.54) is 0 Å². The molecule has 0 aliphatic rings. The van der Waals surface area contributed by atoms with Crippen LogP contribution in [0.25, 0.3) is 0 Å². The van der Waals surface area contributed by atoms with Crippen molar-refractivity contribution in [2.45, 2.75) is 27.2 Å². The number of rotatable bonds is 2. The Morgan fingerprint density at radius 1 is 1.42 bits per heavy atom. The summed E-state index contributed by atoms with van der Waals surface area (Å²) in [5.41, 5.74) is 5.13. The van der Waals surface area contributed by atoms with Crippen LogP contribution >= 0.6 is 0 Å². The van der Waals surface area contributed by atoms with Gasteiger partial charge in [0.25, 0.3) is 6.43 Å². The van der Waals surface area contributed by atoms with Gasteiger partial charge in [0.05, 0.1) is 0 Å². The van der Waals surface area contributed by atoms with Crippen LogP contribution in [0.2, 0.25) is 0 Å². The lowest BCUT2D eigenvalue weighted by Gasteiger charge is -2.18. The van der Waals surface area contributed by atoms with Crippen molar-refractivity contribution in [3.05, 3.63) is 11.8 Å². The Kier molecular flexibility index (Phi) is 3.36. The summed E-state index contributed by atoms with van der Waals surface area (Å²) in [6.45, 7) is 5.24. The molecule has 0 aliphatic heterocycles. The maximum Gasteiger partial charge on any atom is 0.299 e. The van der Waals surface area contributed by atoms with E-state index in [-0.39, 0.29) is 5.70 Å². The fourth-order valence-electron chi connectivity index (χ4n) is 0.433. The number of halogens is 2. The molecule has 2 nitrogen and oxygen atoms in total. The quantitative estimate of drug-likeness (QED) is 0.652. The van der Waals surface area contributed by atoms with Crippen LogP contribution in [0, 0.1) is 5.41 Å². The van der Waals surface area contributed by atoms with Crippen molar-refractivity contribution in [3.8, 4) is 0 Å². The number of hydrogen-bond donors (Lipinski definition) is 1. The third-order valence-electron chi connectivity index (χ3n) is 1.38. The second kappa shape index (κ2) is 3.65. The van der Waals surface area contributed by atoms with Crippen LogP contribution in [0.5, 0.6) is 0 Å². The molecule has 12 heavy (non-hydrogen) atoms. The SMILES string of the molecule is CC(C)(C)/C(N)=C/C(=O)C(F)F. The molecule has 0 bridgehead atoms. The summed E-state index contributed by atoms with van der Waals surface area (Å²) in [5.74, 6) is -1.23. The summed E-state index contributed by atoms with van der Waals surface area (Å²) in [4.78, 5) is 10.5. The first-order valence-corrected chi connectivity index (χ1v) is 3.55. The standard InChI is InChI=1S/C8H13F2NO/c1-8(2,3)6(11)4-5(12)7(9)10/h4,7H,11H2,1-3H3/b6-4-. The fourth-order valence-corrected chi connectivity index (χ4v) is 0.433. The first-order chi connectivity index (χ1) is 5.25. The molecule has 2 N–H and O–H groups in total. The highest BCUT2D eigenvalue weighted by atomic mass is 19.3. The zero-order valence-corrected chi connectivity index (χ0v) is 7.40. The molecular formula is C8H13F2NO. The van der Waals surface area contributed by atoms with Gasteiger partial charge in [-0.2, -0.15) is 0 Å². The van der Waals surface area contributed by atoms with Crippen LogP contribution in [-0.4, -0.2) is 12.2 Å². The molecule has 0 aromatic rings. The molecule has 0 saturated heterocycles. The molecular weight excluding hydrogens is 164 g/mol. The van der Waals surface area contributed by atoms with Crippen LogP contribution in [0.4, 0.5) is 8.78 Å². The van der Waals surface area contributed by atoms with Crippen LogP contribution in [-0.2, 0) is 4.79 Å². The molecule has 0 amide bonds. The lowest BCUT2D eigenvalue weighted by atomic mass is 9.92. The van der Waals surface area contributed by atoms with Crippen LogP contribution in [0.15, 0.2) is 11.8 Å². The number of carbonyl (C=O) groups excluding carboxylic acids is 1. The van der Waals surface area contributed by atoms with E-state index in [0.29, 0.717) is 0 Å². The average Bonchev–Trinajstić information content (AvgIpc) is 1.85. The monoisotopic (exact) mass is 177 g/mol. The molecule has 0 atom stereocenters. The smallest absolute Gasteiger partial charge is 0.299 e. The van der Waals surface area contributed by atoms with Gasteiger partial charge in [-0.05, 0) is 0 Å². The van der Waals surface area contributed by atoms with Gasteiger partial charge in [-0.25, -0.2) is 8.78 Å². The van der Waals surface area contributed by atoms with Gasteiger partial charge in [0, 0.05) is 17.2 Å². The number of carbonyl (C=O) groups is 1. The predicted molar refractivity (Wildman–Crippen MR) is 42.7 cm³/mol. The van der Waals surface area contributed by atoms with E-state index in [1.807, 2.05) is 0 Å². The number of allylic oxidation sites excluding steroid dienone is 2. The maximum atomic E-state index is 11.7. The zero-order valence-electron chi connectivity index (χ0n) is 7.40. The highest BCUT2D eigenvalue weighted by molar-refractivity contribution is 5.92. The van der Waals surface area contributed by atoms with Gasteiger partial charge in [0.2, 0.25) is 5.78 Å². The molecule has 0 aromatic carbocycles. The van der Waals surface area contributed by atoms with Gasteiger partial charge in [0.15, 0.2) is 0 Å². The Morgan fingerprint density at radius 2 is 1.83 bits per heavy atom. The first kappa shape index (κ1) is 11.1. The van der Waals surface area contributed by atoms with E-state index >= 15 is 0 Å². The summed E-state index contributed by atoms with van der Waals surface area (Å²) in [6.07, 6.45) is -2.17. The van der Waals surface area contributed by atoms with E-state index < -0.39 is 17.6 Å². The van der Waals surface area contributed by atoms with Gasteiger partial charge in [-0.1, -0.05) is 20.8 Å². The van der Waals surface area contributed by atoms with Crippen molar-refractivity contribution in [1.82, 2.24) is 0 Å². The molecule has 0 aliphatic carbocycles. The maximum absolute atomic E-state index is 11.7. The number of nitrogens with two attached hydrogens (primary N) is 1. The minimum absolute atomic E-state index is 0.174. The summed E-state index contributed by atoms with van der Waals surface area (Å²) >= 11 is 0. The molecule has 0 fully saturated rings. The summed E-state index contributed by atoms with van der Waals surface area (Å²) in [6, 6.07) is 0. The van der Waals surface area contributed by atoms with Crippen molar-refractivity contribution in [2.75, 3.05) is 0 Å². The predicted octanol–water partition coefficient (Wildman–Crippen LogP) is 1.71. The normalized spacial score (nSPS) is 13.7. The second-order valence-corrected chi connectivity index (χ2v) is 3.55. The topological polar surface area (TPSA) is 43.1 Å². The minimum atomic E-state index is -2.97. The summed E-state index contributed by atoms with van der Waals surface area (Å²) in [7, 11) is 0. The van der Waals surface area contributed by atoms with Gasteiger partial charge >= 0.3 is 0 Å². The Morgan fingerprint density at radius 3 is 2.08 bits per heavy atom. The molecule has 4 heteroatoms. The van der Waals surface area contributed by atoms with Gasteiger partial charge in [0.1, 0.15) is 0 Å². The molecule has 0 unspecified atom stereocenters. The molecule has 0 rings (SSSR count). The molecule has 0 aromatic heterocycles. The number of hydrogen-bond acceptors (Lipinski definition) is 2.